The Morgan fingerprint density at radius 3 is 2.60 bits per heavy atom. The molecule has 0 unspecified atom stereocenters. The van der Waals surface area contributed by atoms with Crippen molar-refractivity contribution in [2.24, 2.45) is 0 Å². The smallest absolute Gasteiger partial charge is 0.449 e. The molecule has 0 spiro atoms. The number of carbonyl (C=O) groups is 1. The Labute approximate surface area is 57.9 Å². The molecule has 1 aromatic rings. The van der Waals surface area contributed by atoms with Gasteiger partial charge in [0.05, 0.1) is 0 Å². The summed E-state index contributed by atoms with van der Waals surface area (Å²) in [6, 6.07) is 8.94. The Bertz CT molecular complexity index is 218. The first-order valence-corrected chi connectivity index (χ1v) is 2.66. The summed E-state index contributed by atoms with van der Waals surface area (Å²) in [5.41, 5.74) is 0. The van der Waals surface area contributed by atoms with E-state index in [1.165, 1.54) is 12.1 Å². The number of ether oxygens (including phenoxy) is 1. The molecule has 51 valence electrons. The van der Waals surface area contributed by atoms with Crippen LogP contribution < -0.4 is 4.74 Å². The summed E-state index contributed by atoms with van der Waals surface area (Å²) >= 11 is 0. The fourth-order valence-corrected chi connectivity index (χ4v) is 0.540. The molecule has 1 aromatic carbocycles. The van der Waals surface area contributed by atoms with E-state index in [1.54, 1.807) is 12.1 Å². The van der Waals surface area contributed by atoms with Crippen molar-refractivity contribution in [1.82, 2.24) is 0 Å². The van der Waals surface area contributed by atoms with Gasteiger partial charge in [-0.3, -0.25) is 0 Å². The van der Waals surface area contributed by atoms with E-state index in [-0.39, 0.29) is 0 Å². The van der Waals surface area contributed by atoms with Gasteiger partial charge >= 0.3 is 6.16 Å². The van der Waals surface area contributed by atoms with Crippen LogP contribution in [-0.2, 0) is 0 Å². The van der Waals surface area contributed by atoms with Gasteiger partial charge in [0.2, 0.25) is 0 Å². The zero-order valence-electron chi connectivity index (χ0n) is 5.07. The van der Waals surface area contributed by atoms with Crippen LogP contribution in [0.15, 0.2) is 24.3 Å². The van der Waals surface area contributed by atoms with Gasteiger partial charge in [0.15, 0.2) is 0 Å². The first-order chi connectivity index (χ1) is 4.79. The molecule has 0 bridgehead atoms. The zero-order chi connectivity index (χ0) is 7.40. The standard InChI is InChI=1S/C7H5O3/c8-7(9)10-6-4-2-1-3-5-6/h2-5H,(H,8,9). The van der Waals surface area contributed by atoms with Gasteiger partial charge in [-0.25, -0.2) is 4.79 Å². The van der Waals surface area contributed by atoms with Crippen LogP contribution in [0.4, 0.5) is 4.79 Å². The predicted molar refractivity (Wildman–Crippen MR) is 33.9 cm³/mol. The topological polar surface area (TPSA) is 46.5 Å². The van der Waals surface area contributed by atoms with Gasteiger partial charge in [0.1, 0.15) is 5.75 Å². The first kappa shape index (κ1) is 6.61. The van der Waals surface area contributed by atoms with Crippen molar-refractivity contribution in [3.05, 3.63) is 30.3 Å². The summed E-state index contributed by atoms with van der Waals surface area (Å²) in [5, 5.41) is 8.13. The molecule has 0 aliphatic heterocycles. The summed E-state index contributed by atoms with van der Waals surface area (Å²) in [6.07, 6.45) is -1.30. The lowest BCUT2D eigenvalue weighted by molar-refractivity contribution is 0.144. The molecule has 3 heteroatoms. The predicted octanol–water partition coefficient (Wildman–Crippen LogP) is 1.54. The van der Waals surface area contributed by atoms with Gasteiger partial charge in [-0.2, -0.15) is 0 Å². The van der Waals surface area contributed by atoms with E-state index in [9.17, 15) is 4.79 Å². The molecule has 3 nitrogen and oxygen atoms in total. The van der Waals surface area contributed by atoms with Crippen molar-refractivity contribution in [2.75, 3.05) is 0 Å². The van der Waals surface area contributed by atoms with Gasteiger partial charge in [-0.15, -0.1) is 0 Å². The molecule has 0 saturated heterocycles. The third kappa shape index (κ3) is 1.78. The second-order valence-corrected chi connectivity index (χ2v) is 1.60. The van der Waals surface area contributed by atoms with Crippen molar-refractivity contribution in [3.8, 4) is 5.75 Å². The third-order valence-electron chi connectivity index (χ3n) is 0.893. The minimum atomic E-state index is -1.30. The highest BCUT2D eigenvalue weighted by Gasteiger charge is 1.96. The van der Waals surface area contributed by atoms with E-state index in [1.807, 2.05) is 0 Å². The van der Waals surface area contributed by atoms with Crippen molar-refractivity contribution >= 4 is 6.16 Å². The highest BCUT2D eigenvalue weighted by molar-refractivity contribution is 5.60. The number of carboxylic acid groups (broad SMARTS) is 1. The average molecular weight is 137 g/mol. The SMILES string of the molecule is O=C(O)Oc1cc[c]cc1. The maximum Gasteiger partial charge on any atom is 0.511 e. The largest absolute Gasteiger partial charge is 0.511 e. The molecule has 10 heavy (non-hydrogen) atoms. The van der Waals surface area contributed by atoms with Crippen molar-refractivity contribution in [3.63, 3.8) is 0 Å². The van der Waals surface area contributed by atoms with E-state index < -0.39 is 6.16 Å². The maximum absolute atomic E-state index is 9.94. The fourth-order valence-electron chi connectivity index (χ4n) is 0.540. The van der Waals surface area contributed by atoms with Crippen LogP contribution in [0.25, 0.3) is 0 Å². The van der Waals surface area contributed by atoms with E-state index in [0.29, 0.717) is 5.75 Å². The van der Waals surface area contributed by atoms with Crippen LogP contribution in [0.3, 0.4) is 0 Å². The van der Waals surface area contributed by atoms with Crippen molar-refractivity contribution in [2.45, 2.75) is 0 Å². The molecule has 0 aliphatic carbocycles. The number of hydrogen-bond donors (Lipinski definition) is 1. The molecule has 1 N–H and O–H groups in total. The third-order valence-corrected chi connectivity index (χ3v) is 0.893. The van der Waals surface area contributed by atoms with Crippen LogP contribution >= 0.6 is 0 Å². The minimum Gasteiger partial charge on any atom is -0.449 e. The molecule has 0 aromatic heterocycles. The van der Waals surface area contributed by atoms with E-state index in [4.69, 9.17) is 5.11 Å². The van der Waals surface area contributed by atoms with E-state index >= 15 is 0 Å². The number of rotatable bonds is 1. The minimum absolute atomic E-state index is 0.311. The van der Waals surface area contributed by atoms with Gasteiger partial charge in [0, 0.05) is 0 Å². The quantitative estimate of drug-likeness (QED) is 0.471. The number of hydrogen-bond acceptors (Lipinski definition) is 2. The lowest BCUT2D eigenvalue weighted by atomic mass is 10.3. The number of benzene rings is 1. The van der Waals surface area contributed by atoms with Crippen LogP contribution in [0, 0.1) is 6.07 Å². The van der Waals surface area contributed by atoms with Gasteiger partial charge in [-0.05, 0) is 18.2 Å². The average Bonchev–Trinajstić information content (AvgIpc) is 1.88. The molecule has 0 aliphatic rings. The summed E-state index contributed by atoms with van der Waals surface area (Å²) in [4.78, 5) is 9.94. The van der Waals surface area contributed by atoms with Gasteiger partial charge in [-0.1, -0.05) is 12.1 Å². The normalized spacial score (nSPS) is 8.80. The Kier molecular flexibility index (Phi) is 1.89. The Morgan fingerprint density at radius 1 is 1.50 bits per heavy atom. The molecular formula is C7H5O3. The molecule has 0 atom stereocenters. The molecule has 1 rings (SSSR count). The second kappa shape index (κ2) is 2.87. The molecular weight excluding hydrogens is 132 g/mol. The summed E-state index contributed by atoms with van der Waals surface area (Å²) in [7, 11) is 0. The van der Waals surface area contributed by atoms with Crippen LogP contribution in [0.5, 0.6) is 5.75 Å². The molecule has 0 saturated carbocycles. The Balaban J connectivity index is 2.67. The Morgan fingerprint density at radius 2 is 2.10 bits per heavy atom. The van der Waals surface area contributed by atoms with E-state index in [2.05, 4.69) is 10.8 Å². The first-order valence-electron chi connectivity index (χ1n) is 2.66. The molecule has 0 heterocycles. The Hall–Kier alpha value is -1.51. The zero-order valence-corrected chi connectivity index (χ0v) is 5.07. The van der Waals surface area contributed by atoms with Crippen LogP contribution in [-0.4, -0.2) is 11.3 Å². The molecule has 0 amide bonds. The lowest BCUT2D eigenvalue weighted by Gasteiger charge is -1.95. The highest BCUT2D eigenvalue weighted by Crippen LogP contribution is 2.07. The van der Waals surface area contributed by atoms with Gasteiger partial charge < -0.3 is 9.84 Å². The van der Waals surface area contributed by atoms with Crippen molar-refractivity contribution in [1.29, 1.82) is 0 Å². The van der Waals surface area contributed by atoms with Gasteiger partial charge in [0.25, 0.3) is 0 Å². The summed E-state index contributed by atoms with van der Waals surface area (Å²) in [5.74, 6) is 0.311. The fraction of sp³-hybridized carbons (Fsp3) is 0. The maximum atomic E-state index is 9.94. The van der Waals surface area contributed by atoms with E-state index in [0.717, 1.165) is 0 Å². The van der Waals surface area contributed by atoms with Crippen molar-refractivity contribution < 1.29 is 14.6 Å². The molecule has 0 fully saturated rings. The monoisotopic (exact) mass is 137 g/mol. The summed E-state index contributed by atoms with van der Waals surface area (Å²) in [6.45, 7) is 0. The van der Waals surface area contributed by atoms with Crippen LogP contribution in [0.2, 0.25) is 0 Å². The second-order valence-electron chi connectivity index (χ2n) is 1.60. The lowest BCUT2D eigenvalue weighted by Crippen LogP contribution is -2.02. The summed E-state index contributed by atoms with van der Waals surface area (Å²) < 4.78 is 4.31. The highest BCUT2D eigenvalue weighted by atomic mass is 16.7. The van der Waals surface area contributed by atoms with Crippen LogP contribution in [0.1, 0.15) is 0 Å². The molecule has 1 radical (unpaired) electrons.